The number of H-pyrrole nitrogens is 1. The van der Waals surface area contributed by atoms with E-state index in [4.69, 9.17) is 0 Å². The summed E-state index contributed by atoms with van der Waals surface area (Å²) < 4.78 is 0. The quantitative estimate of drug-likeness (QED) is 0.669. The summed E-state index contributed by atoms with van der Waals surface area (Å²) in [4.78, 5) is 16.8. The van der Waals surface area contributed by atoms with Gasteiger partial charge in [-0.1, -0.05) is 42.5 Å². The molecule has 1 amide bonds. The van der Waals surface area contributed by atoms with Crippen molar-refractivity contribution < 1.29 is 9.90 Å². The van der Waals surface area contributed by atoms with Crippen LogP contribution in [0.5, 0.6) is 0 Å². The summed E-state index contributed by atoms with van der Waals surface area (Å²) in [6, 6.07) is 16.1. The van der Waals surface area contributed by atoms with Crippen LogP contribution in [0, 0.1) is 0 Å². The van der Waals surface area contributed by atoms with Gasteiger partial charge in [0.2, 0.25) is 0 Å². The number of anilines is 1. The second kappa shape index (κ2) is 6.49. The van der Waals surface area contributed by atoms with Gasteiger partial charge in [0.1, 0.15) is 5.82 Å². The Morgan fingerprint density at radius 2 is 1.96 bits per heavy atom. The Kier molecular flexibility index (Phi) is 4.03. The molecule has 1 aliphatic carbocycles. The number of aliphatic hydroxyl groups excluding tert-OH is 1. The Hall–Kier alpha value is -2.99. The van der Waals surface area contributed by atoms with Crippen LogP contribution in [0.15, 0.2) is 54.6 Å². The third kappa shape index (κ3) is 3.44. The fraction of sp³-hybridized carbons (Fsp3) is 0.211. The number of aromatic nitrogens is 3. The van der Waals surface area contributed by atoms with E-state index in [0.717, 1.165) is 24.2 Å². The van der Waals surface area contributed by atoms with Crippen LogP contribution in [0.3, 0.4) is 0 Å². The number of carbonyl (C=O) groups is 1. The minimum Gasteiger partial charge on any atom is -0.378 e. The summed E-state index contributed by atoms with van der Waals surface area (Å²) in [5, 5.41) is 20.1. The molecule has 1 saturated carbocycles. The molecule has 0 aliphatic heterocycles. The Labute approximate surface area is 144 Å². The molecule has 0 bridgehead atoms. The zero-order valence-electron chi connectivity index (χ0n) is 13.5. The van der Waals surface area contributed by atoms with Crippen LogP contribution >= 0.6 is 0 Å². The molecular formula is C19H18N4O2. The molecule has 1 heterocycles. The number of rotatable bonds is 5. The van der Waals surface area contributed by atoms with Gasteiger partial charge in [-0.2, -0.15) is 5.10 Å². The second-order valence-corrected chi connectivity index (χ2v) is 6.20. The predicted octanol–water partition coefficient (Wildman–Crippen LogP) is 3.02. The van der Waals surface area contributed by atoms with Gasteiger partial charge < -0.3 is 10.4 Å². The van der Waals surface area contributed by atoms with E-state index in [2.05, 4.69) is 20.5 Å². The van der Waals surface area contributed by atoms with Gasteiger partial charge in [0, 0.05) is 17.2 Å². The van der Waals surface area contributed by atoms with Crippen molar-refractivity contribution in [3.8, 4) is 11.4 Å². The van der Waals surface area contributed by atoms with Gasteiger partial charge >= 0.3 is 0 Å². The van der Waals surface area contributed by atoms with Gasteiger partial charge in [0.15, 0.2) is 11.9 Å². The molecule has 6 nitrogen and oxygen atoms in total. The first-order valence-electron chi connectivity index (χ1n) is 8.27. The van der Waals surface area contributed by atoms with E-state index in [1.807, 2.05) is 18.2 Å². The van der Waals surface area contributed by atoms with E-state index in [0.29, 0.717) is 23.0 Å². The number of aromatic amines is 1. The van der Waals surface area contributed by atoms with Crippen LogP contribution in [-0.2, 0) is 4.79 Å². The Balaban J connectivity index is 1.50. The first-order valence-corrected chi connectivity index (χ1v) is 8.27. The maximum absolute atomic E-state index is 12.3. The Morgan fingerprint density at radius 1 is 1.16 bits per heavy atom. The molecule has 3 N–H and O–H groups in total. The van der Waals surface area contributed by atoms with Crippen molar-refractivity contribution in [2.45, 2.75) is 24.9 Å². The van der Waals surface area contributed by atoms with Crippen molar-refractivity contribution in [2.75, 3.05) is 5.32 Å². The van der Waals surface area contributed by atoms with Crippen molar-refractivity contribution in [3.05, 3.63) is 66.0 Å². The summed E-state index contributed by atoms with van der Waals surface area (Å²) in [6.45, 7) is 0. The Morgan fingerprint density at radius 3 is 2.72 bits per heavy atom. The van der Waals surface area contributed by atoms with Crippen LogP contribution in [0.2, 0.25) is 0 Å². The smallest absolute Gasteiger partial charge is 0.257 e. The fourth-order valence-electron chi connectivity index (χ4n) is 2.68. The van der Waals surface area contributed by atoms with Crippen LogP contribution in [-0.4, -0.2) is 26.2 Å². The molecule has 2 aromatic carbocycles. The van der Waals surface area contributed by atoms with Crippen LogP contribution < -0.4 is 5.32 Å². The lowest BCUT2D eigenvalue weighted by atomic mass is 10.1. The van der Waals surface area contributed by atoms with E-state index < -0.39 is 12.0 Å². The van der Waals surface area contributed by atoms with E-state index in [9.17, 15) is 9.90 Å². The number of amides is 1. The molecule has 1 aromatic heterocycles. The van der Waals surface area contributed by atoms with Crippen molar-refractivity contribution >= 4 is 11.6 Å². The molecule has 6 heteroatoms. The zero-order chi connectivity index (χ0) is 17.2. The molecule has 0 spiro atoms. The average Bonchev–Trinajstić information content (AvgIpc) is 3.39. The van der Waals surface area contributed by atoms with Crippen molar-refractivity contribution in [1.82, 2.24) is 15.2 Å². The highest BCUT2D eigenvalue weighted by Crippen LogP contribution is 2.38. The summed E-state index contributed by atoms with van der Waals surface area (Å²) in [6.07, 6.45) is 1.10. The predicted molar refractivity (Wildman–Crippen MR) is 93.8 cm³/mol. The minimum atomic E-state index is -1.21. The SMILES string of the molecule is O=C(Nc1cccc(-c2n[nH]c(C3CC3)n2)c1)C(O)c1ccccc1. The lowest BCUT2D eigenvalue weighted by molar-refractivity contribution is -0.124. The first kappa shape index (κ1) is 15.5. The molecule has 3 aromatic rings. The van der Waals surface area contributed by atoms with Gasteiger partial charge in [0.25, 0.3) is 5.91 Å². The van der Waals surface area contributed by atoms with Crippen molar-refractivity contribution in [1.29, 1.82) is 0 Å². The second-order valence-electron chi connectivity index (χ2n) is 6.20. The summed E-state index contributed by atoms with van der Waals surface area (Å²) in [7, 11) is 0. The molecule has 4 rings (SSSR count). The highest BCUT2D eigenvalue weighted by atomic mass is 16.3. The van der Waals surface area contributed by atoms with Gasteiger partial charge in [-0.3, -0.25) is 9.89 Å². The largest absolute Gasteiger partial charge is 0.378 e. The third-order valence-corrected chi connectivity index (χ3v) is 4.22. The number of benzene rings is 2. The fourth-order valence-corrected chi connectivity index (χ4v) is 2.68. The van der Waals surface area contributed by atoms with Crippen LogP contribution in [0.4, 0.5) is 5.69 Å². The minimum absolute atomic E-state index is 0.475. The summed E-state index contributed by atoms with van der Waals surface area (Å²) >= 11 is 0. The lowest BCUT2D eigenvalue weighted by Crippen LogP contribution is -2.20. The first-order chi connectivity index (χ1) is 12.2. The molecule has 1 unspecified atom stereocenters. The molecule has 25 heavy (non-hydrogen) atoms. The van der Waals surface area contributed by atoms with E-state index in [1.165, 1.54) is 0 Å². The summed E-state index contributed by atoms with van der Waals surface area (Å²) in [5.74, 6) is 1.56. The molecule has 0 saturated heterocycles. The van der Waals surface area contributed by atoms with Gasteiger partial charge in [-0.05, 0) is 30.5 Å². The number of hydrogen-bond donors (Lipinski definition) is 3. The van der Waals surface area contributed by atoms with E-state index >= 15 is 0 Å². The van der Waals surface area contributed by atoms with E-state index in [-0.39, 0.29) is 0 Å². The van der Waals surface area contributed by atoms with Crippen LogP contribution in [0.25, 0.3) is 11.4 Å². The van der Waals surface area contributed by atoms with E-state index in [1.54, 1.807) is 36.4 Å². The topological polar surface area (TPSA) is 90.9 Å². The molecule has 1 aliphatic rings. The number of carbonyl (C=O) groups excluding carboxylic acids is 1. The number of aliphatic hydroxyl groups is 1. The molecule has 126 valence electrons. The average molecular weight is 334 g/mol. The lowest BCUT2D eigenvalue weighted by Gasteiger charge is -2.12. The highest BCUT2D eigenvalue weighted by molar-refractivity contribution is 5.95. The zero-order valence-corrected chi connectivity index (χ0v) is 13.5. The molecule has 1 fully saturated rings. The molecule has 0 radical (unpaired) electrons. The maximum Gasteiger partial charge on any atom is 0.257 e. The maximum atomic E-state index is 12.3. The number of nitrogens with one attached hydrogen (secondary N) is 2. The standard InChI is InChI=1S/C19H18N4O2/c24-16(12-5-2-1-3-6-12)19(25)20-15-8-4-7-14(11-15)18-21-17(22-23-18)13-9-10-13/h1-8,11,13,16,24H,9-10H2,(H,20,25)(H,21,22,23). The molecule has 1 atom stereocenters. The van der Waals surface area contributed by atoms with Gasteiger partial charge in [0.05, 0.1) is 0 Å². The van der Waals surface area contributed by atoms with Gasteiger partial charge in [-0.25, -0.2) is 4.98 Å². The number of nitrogens with zero attached hydrogens (tertiary/aromatic N) is 2. The Bertz CT molecular complexity index is 887. The molecular weight excluding hydrogens is 316 g/mol. The normalized spacial score (nSPS) is 14.9. The van der Waals surface area contributed by atoms with Crippen molar-refractivity contribution in [2.24, 2.45) is 0 Å². The van der Waals surface area contributed by atoms with Gasteiger partial charge in [-0.15, -0.1) is 0 Å². The summed E-state index contributed by atoms with van der Waals surface area (Å²) in [5.41, 5.74) is 1.96. The monoisotopic (exact) mass is 334 g/mol. The highest BCUT2D eigenvalue weighted by Gasteiger charge is 2.27. The van der Waals surface area contributed by atoms with Crippen LogP contribution in [0.1, 0.15) is 36.3 Å². The third-order valence-electron chi connectivity index (χ3n) is 4.22. The van der Waals surface area contributed by atoms with Crippen molar-refractivity contribution in [3.63, 3.8) is 0 Å². The number of hydrogen-bond acceptors (Lipinski definition) is 4.